The fraction of sp³-hybridized carbons (Fsp3) is 0.304. The van der Waals surface area contributed by atoms with Crippen LogP contribution in [0.1, 0.15) is 11.1 Å². The van der Waals surface area contributed by atoms with Crippen molar-refractivity contribution in [3.8, 4) is 22.8 Å². The highest BCUT2D eigenvalue weighted by Gasteiger charge is 2.27. The van der Waals surface area contributed by atoms with Crippen molar-refractivity contribution in [3.05, 3.63) is 59.7 Å². The van der Waals surface area contributed by atoms with Gasteiger partial charge in [0.1, 0.15) is 30.5 Å². The van der Waals surface area contributed by atoms with Gasteiger partial charge in [0.05, 0.1) is 11.3 Å². The summed E-state index contributed by atoms with van der Waals surface area (Å²) in [7, 11) is 2.14. The third-order valence-corrected chi connectivity index (χ3v) is 5.63. The molecule has 154 valence electrons. The van der Waals surface area contributed by atoms with Gasteiger partial charge in [0, 0.05) is 37.8 Å². The van der Waals surface area contributed by atoms with E-state index in [2.05, 4.69) is 26.8 Å². The van der Waals surface area contributed by atoms with Crippen LogP contribution in [0, 0.1) is 0 Å². The number of nitrogens with two attached hydrogens (primary N) is 1. The van der Waals surface area contributed by atoms with Gasteiger partial charge in [0.25, 0.3) is 0 Å². The van der Waals surface area contributed by atoms with Crippen LogP contribution in [0.4, 0.5) is 11.8 Å². The van der Waals surface area contributed by atoms with Gasteiger partial charge in [-0.2, -0.15) is 4.98 Å². The van der Waals surface area contributed by atoms with E-state index in [-0.39, 0.29) is 0 Å². The predicted octanol–water partition coefficient (Wildman–Crippen LogP) is 2.95. The van der Waals surface area contributed by atoms with E-state index in [9.17, 15) is 0 Å². The third kappa shape index (κ3) is 3.64. The molecule has 2 N–H and O–H groups in total. The Kier molecular flexibility index (Phi) is 4.88. The summed E-state index contributed by atoms with van der Waals surface area (Å²) in [5.41, 5.74) is 9.99. The SMILES string of the molecule is CN1CCN(c2nc(N)nc3c2COc2cc(OCc4ccccc4)ccc2-3)CC1. The smallest absolute Gasteiger partial charge is 0.222 e. The van der Waals surface area contributed by atoms with Gasteiger partial charge in [0.2, 0.25) is 5.95 Å². The zero-order valence-corrected chi connectivity index (χ0v) is 17.0. The van der Waals surface area contributed by atoms with Crippen molar-refractivity contribution in [1.82, 2.24) is 14.9 Å². The first-order chi connectivity index (χ1) is 14.7. The van der Waals surface area contributed by atoms with Gasteiger partial charge in [-0.25, -0.2) is 4.98 Å². The summed E-state index contributed by atoms with van der Waals surface area (Å²) in [5.74, 6) is 2.71. The third-order valence-electron chi connectivity index (χ3n) is 5.63. The maximum Gasteiger partial charge on any atom is 0.222 e. The molecule has 3 aromatic rings. The van der Waals surface area contributed by atoms with Gasteiger partial charge >= 0.3 is 0 Å². The molecule has 0 aliphatic carbocycles. The van der Waals surface area contributed by atoms with Crippen molar-refractivity contribution in [2.24, 2.45) is 0 Å². The minimum atomic E-state index is 0.292. The Bertz CT molecular complexity index is 1050. The fourth-order valence-corrected chi connectivity index (χ4v) is 3.92. The molecule has 1 aromatic heterocycles. The number of anilines is 2. The molecule has 5 rings (SSSR count). The second-order valence-corrected chi connectivity index (χ2v) is 7.74. The molecule has 0 bridgehead atoms. The van der Waals surface area contributed by atoms with E-state index in [0.29, 0.717) is 19.2 Å². The summed E-state index contributed by atoms with van der Waals surface area (Å²) in [6, 6.07) is 16.0. The molecule has 7 heteroatoms. The van der Waals surface area contributed by atoms with Crippen molar-refractivity contribution in [2.45, 2.75) is 13.2 Å². The normalized spacial score (nSPS) is 15.8. The van der Waals surface area contributed by atoms with Crippen LogP contribution < -0.4 is 20.1 Å². The molecule has 0 saturated carbocycles. The van der Waals surface area contributed by atoms with Gasteiger partial charge < -0.3 is 25.0 Å². The number of likely N-dealkylation sites (N-methyl/N-ethyl adjacent to an activating group) is 1. The van der Waals surface area contributed by atoms with Gasteiger partial charge in [0.15, 0.2) is 0 Å². The fourth-order valence-electron chi connectivity index (χ4n) is 3.92. The Balaban J connectivity index is 1.42. The number of piperazine rings is 1. The number of nitrogens with zero attached hydrogens (tertiary/aromatic N) is 4. The summed E-state index contributed by atoms with van der Waals surface area (Å²) in [4.78, 5) is 13.7. The zero-order chi connectivity index (χ0) is 20.5. The van der Waals surface area contributed by atoms with Crippen molar-refractivity contribution >= 4 is 11.8 Å². The molecule has 1 fully saturated rings. The van der Waals surface area contributed by atoms with Crippen molar-refractivity contribution < 1.29 is 9.47 Å². The van der Waals surface area contributed by atoms with Gasteiger partial charge in [-0.3, -0.25) is 0 Å². The highest BCUT2D eigenvalue weighted by atomic mass is 16.5. The van der Waals surface area contributed by atoms with Crippen LogP contribution in [0.25, 0.3) is 11.3 Å². The first-order valence-electron chi connectivity index (χ1n) is 10.2. The lowest BCUT2D eigenvalue weighted by molar-refractivity contribution is 0.285. The molecule has 7 nitrogen and oxygen atoms in total. The highest BCUT2D eigenvalue weighted by Crippen LogP contribution is 2.41. The molecular weight excluding hydrogens is 378 g/mol. The van der Waals surface area contributed by atoms with Crippen molar-refractivity contribution in [1.29, 1.82) is 0 Å². The number of fused-ring (bicyclic) bond motifs is 3. The Hall–Kier alpha value is -3.32. The summed E-state index contributed by atoms with van der Waals surface area (Å²) >= 11 is 0. The molecular formula is C23H25N5O2. The molecule has 0 radical (unpaired) electrons. The van der Waals surface area contributed by atoms with Crippen LogP contribution in [0.15, 0.2) is 48.5 Å². The minimum Gasteiger partial charge on any atom is -0.489 e. The second-order valence-electron chi connectivity index (χ2n) is 7.74. The Morgan fingerprint density at radius 1 is 1.03 bits per heavy atom. The number of hydrogen-bond acceptors (Lipinski definition) is 7. The average molecular weight is 403 g/mol. The van der Waals surface area contributed by atoms with Crippen LogP contribution in [0.5, 0.6) is 11.5 Å². The van der Waals surface area contributed by atoms with Crippen LogP contribution in [-0.4, -0.2) is 48.1 Å². The van der Waals surface area contributed by atoms with E-state index < -0.39 is 0 Å². The minimum absolute atomic E-state index is 0.292. The largest absolute Gasteiger partial charge is 0.489 e. The van der Waals surface area contributed by atoms with E-state index in [1.165, 1.54) is 0 Å². The molecule has 3 heterocycles. The number of ether oxygens (including phenoxy) is 2. The molecule has 0 amide bonds. The Labute approximate surface area is 176 Å². The van der Waals surface area contributed by atoms with Gasteiger partial charge in [-0.05, 0) is 24.7 Å². The lowest BCUT2D eigenvalue weighted by Crippen LogP contribution is -2.45. The highest BCUT2D eigenvalue weighted by molar-refractivity contribution is 5.77. The molecule has 2 aliphatic rings. The second kappa shape index (κ2) is 7.84. The summed E-state index contributed by atoms with van der Waals surface area (Å²) < 4.78 is 12.0. The van der Waals surface area contributed by atoms with Gasteiger partial charge in [-0.1, -0.05) is 30.3 Å². The number of aromatic nitrogens is 2. The van der Waals surface area contributed by atoms with Crippen LogP contribution in [0.2, 0.25) is 0 Å². The quantitative estimate of drug-likeness (QED) is 0.718. The topological polar surface area (TPSA) is 76.7 Å². The van der Waals surface area contributed by atoms with E-state index in [1.54, 1.807) is 0 Å². The Morgan fingerprint density at radius 2 is 1.83 bits per heavy atom. The van der Waals surface area contributed by atoms with Crippen LogP contribution >= 0.6 is 0 Å². The number of nitrogen functional groups attached to an aromatic ring is 1. The van der Waals surface area contributed by atoms with E-state index in [4.69, 9.17) is 15.2 Å². The van der Waals surface area contributed by atoms with E-state index in [0.717, 1.165) is 65.9 Å². The maximum absolute atomic E-state index is 6.10. The molecule has 30 heavy (non-hydrogen) atoms. The van der Waals surface area contributed by atoms with Crippen molar-refractivity contribution in [3.63, 3.8) is 0 Å². The summed E-state index contributed by atoms with van der Waals surface area (Å²) in [6.07, 6.45) is 0. The van der Waals surface area contributed by atoms with E-state index >= 15 is 0 Å². The van der Waals surface area contributed by atoms with Crippen LogP contribution in [-0.2, 0) is 13.2 Å². The van der Waals surface area contributed by atoms with Crippen molar-refractivity contribution in [2.75, 3.05) is 43.9 Å². The zero-order valence-electron chi connectivity index (χ0n) is 17.0. The number of hydrogen-bond donors (Lipinski definition) is 1. The van der Waals surface area contributed by atoms with Gasteiger partial charge in [-0.15, -0.1) is 0 Å². The lowest BCUT2D eigenvalue weighted by atomic mass is 10.0. The Morgan fingerprint density at radius 3 is 2.63 bits per heavy atom. The van der Waals surface area contributed by atoms with E-state index in [1.807, 2.05) is 48.5 Å². The standard InChI is InChI=1S/C23H25N5O2/c1-27-9-11-28(12-10-27)22-19-15-30-20-13-17(29-14-16-5-3-2-4-6-16)7-8-18(20)21(19)25-23(24)26-22/h2-8,13H,9-12,14-15H2,1H3,(H2,24,25,26). The molecule has 1 saturated heterocycles. The number of benzene rings is 2. The lowest BCUT2D eigenvalue weighted by Gasteiger charge is -2.35. The van der Waals surface area contributed by atoms with Crippen LogP contribution in [0.3, 0.4) is 0 Å². The molecule has 0 spiro atoms. The molecule has 0 atom stereocenters. The molecule has 2 aromatic carbocycles. The molecule has 0 unspecified atom stereocenters. The first-order valence-corrected chi connectivity index (χ1v) is 10.2. The summed E-state index contributed by atoms with van der Waals surface area (Å²) in [6.45, 7) is 4.76. The monoisotopic (exact) mass is 403 g/mol. The number of rotatable bonds is 4. The predicted molar refractivity (Wildman–Crippen MR) is 117 cm³/mol. The molecule has 2 aliphatic heterocycles. The summed E-state index contributed by atoms with van der Waals surface area (Å²) in [5, 5.41) is 0. The first kappa shape index (κ1) is 18.7. The maximum atomic E-state index is 6.10. The average Bonchev–Trinajstić information content (AvgIpc) is 2.78.